The van der Waals surface area contributed by atoms with Gasteiger partial charge in [0.2, 0.25) is 0 Å². The number of amides is 2. The number of hydrogen-bond donors (Lipinski definition) is 1. The quantitative estimate of drug-likeness (QED) is 0.917. The standard InChI is InChI=1S/C18H20N2O2/c1-20(14-16-7-4-3-5-8-16)18(21)19-12-11-15-9-6-10-17(13-15)22-2/h3-13H,14H2,1-2H3,(H,19,21)/b12-11+. The van der Waals surface area contributed by atoms with Crippen LogP contribution in [-0.2, 0) is 6.54 Å². The van der Waals surface area contributed by atoms with E-state index >= 15 is 0 Å². The highest BCUT2D eigenvalue weighted by Crippen LogP contribution is 2.13. The Morgan fingerprint density at radius 1 is 1.18 bits per heavy atom. The van der Waals surface area contributed by atoms with E-state index in [-0.39, 0.29) is 6.03 Å². The Hall–Kier alpha value is -2.75. The molecule has 0 heterocycles. The van der Waals surface area contributed by atoms with Gasteiger partial charge in [-0.2, -0.15) is 0 Å². The zero-order chi connectivity index (χ0) is 15.8. The molecule has 0 aromatic heterocycles. The molecule has 0 bridgehead atoms. The minimum Gasteiger partial charge on any atom is -0.497 e. The van der Waals surface area contributed by atoms with Crippen molar-refractivity contribution in [3.63, 3.8) is 0 Å². The molecule has 0 saturated carbocycles. The second-order valence-corrected chi connectivity index (χ2v) is 4.90. The van der Waals surface area contributed by atoms with E-state index in [0.29, 0.717) is 6.54 Å². The molecule has 0 radical (unpaired) electrons. The van der Waals surface area contributed by atoms with Crippen molar-refractivity contribution in [2.75, 3.05) is 14.2 Å². The van der Waals surface area contributed by atoms with Gasteiger partial charge in [0.25, 0.3) is 0 Å². The van der Waals surface area contributed by atoms with Crippen molar-refractivity contribution >= 4 is 12.1 Å². The second-order valence-electron chi connectivity index (χ2n) is 4.90. The average Bonchev–Trinajstić information content (AvgIpc) is 2.56. The van der Waals surface area contributed by atoms with Crippen molar-refractivity contribution in [3.05, 3.63) is 71.9 Å². The highest BCUT2D eigenvalue weighted by molar-refractivity contribution is 5.75. The van der Waals surface area contributed by atoms with Crippen molar-refractivity contribution in [2.24, 2.45) is 0 Å². The topological polar surface area (TPSA) is 41.6 Å². The first-order valence-electron chi connectivity index (χ1n) is 7.05. The molecule has 1 N–H and O–H groups in total. The lowest BCUT2D eigenvalue weighted by molar-refractivity contribution is 0.211. The summed E-state index contributed by atoms with van der Waals surface area (Å²) in [7, 11) is 3.39. The van der Waals surface area contributed by atoms with Crippen molar-refractivity contribution in [1.29, 1.82) is 0 Å². The van der Waals surface area contributed by atoms with Gasteiger partial charge in [-0.25, -0.2) is 4.79 Å². The van der Waals surface area contributed by atoms with Crippen LogP contribution in [-0.4, -0.2) is 25.1 Å². The first-order valence-corrected chi connectivity index (χ1v) is 7.05. The number of carbonyl (C=O) groups is 1. The van der Waals surface area contributed by atoms with E-state index in [1.54, 1.807) is 25.3 Å². The van der Waals surface area contributed by atoms with Gasteiger partial charge in [-0.1, -0.05) is 42.5 Å². The average molecular weight is 296 g/mol. The maximum Gasteiger partial charge on any atom is 0.321 e. The summed E-state index contributed by atoms with van der Waals surface area (Å²) in [6, 6.07) is 17.4. The summed E-state index contributed by atoms with van der Waals surface area (Å²) in [5.74, 6) is 0.787. The summed E-state index contributed by atoms with van der Waals surface area (Å²) in [6.45, 7) is 0.569. The molecule has 0 atom stereocenters. The molecule has 2 amide bonds. The molecule has 2 aromatic rings. The van der Waals surface area contributed by atoms with E-state index in [9.17, 15) is 4.79 Å². The fourth-order valence-corrected chi connectivity index (χ4v) is 1.99. The smallest absolute Gasteiger partial charge is 0.321 e. The fourth-order valence-electron chi connectivity index (χ4n) is 1.99. The number of carbonyl (C=O) groups excluding carboxylic acids is 1. The Labute approximate surface area is 131 Å². The first kappa shape index (κ1) is 15.6. The number of hydrogen-bond acceptors (Lipinski definition) is 2. The molecule has 0 unspecified atom stereocenters. The van der Waals surface area contributed by atoms with Crippen LogP contribution in [0.3, 0.4) is 0 Å². The lowest BCUT2D eigenvalue weighted by Crippen LogP contribution is -2.33. The Kier molecular flexibility index (Phi) is 5.60. The molecule has 2 rings (SSSR count). The van der Waals surface area contributed by atoms with Gasteiger partial charge in [0.15, 0.2) is 0 Å². The van der Waals surface area contributed by atoms with E-state index in [0.717, 1.165) is 16.9 Å². The molecule has 4 heteroatoms. The Morgan fingerprint density at radius 3 is 2.68 bits per heavy atom. The summed E-state index contributed by atoms with van der Waals surface area (Å²) in [5.41, 5.74) is 2.06. The lowest BCUT2D eigenvalue weighted by Gasteiger charge is -2.16. The van der Waals surface area contributed by atoms with Crippen molar-refractivity contribution in [1.82, 2.24) is 10.2 Å². The van der Waals surface area contributed by atoms with Gasteiger partial charge in [0.1, 0.15) is 5.75 Å². The molecule has 0 spiro atoms. The monoisotopic (exact) mass is 296 g/mol. The largest absolute Gasteiger partial charge is 0.497 e. The van der Waals surface area contributed by atoms with Crippen LogP contribution in [0.1, 0.15) is 11.1 Å². The number of ether oxygens (including phenoxy) is 1. The second kappa shape index (κ2) is 7.88. The maximum absolute atomic E-state index is 12.0. The lowest BCUT2D eigenvalue weighted by atomic mass is 10.2. The van der Waals surface area contributed by atoms with Crippen LogP contribution in [0, 0.1) is 0 Å². The number of nitrogens with zero attached hydrogens (tertiary/aromatic N) is 1. The van der Waals surface area contributed by atoms with E-state index in [4.69, 9.17) is 4.74 Å². The molecule has 0 aliphatic heterocycles. The van der Waals surface area contributed by atoms with Crippen LogP contribution in [0.15, 0.2) is 60.8 Å². The third-order valence-electron chi connectivity index (χ3n) is 3.19. The molecular weight excluding hydrogens is 276 g/mol. The normalized spacial score (nSPS) is 10.5. The van der Waals surface area contributed by atoms with Gasteiger partial charge in [0.05, 0.1) is 7.11 Å². The van der Waals surface area contributed by atoms with E-state index in [1.165, 1.54) is 0 Å². The van der Waals surface area contributed by atoms with Crippen LogP contribution >= 0.6 is 0 Å². The Bertz CT molecular complexity index is 639. The van der Waals surface area contributed by atoms with Gasteiger partial charge < -0.3 is 15.0 Å². The number of nitrogens with one attached hydrogen (secondary N) is 1. The number of rotatable bonds is 5. The van der Waals surface area contributed by atoms with Gasteiger partial charge in [-0.3, -0.25) is 0 Å². The van der Waals surface area contributed by atoms with Gasteiger partial charge >= 0.3 is 6.03 Å². The molecular formula is C18H20N2O2. The summed E-state index contributed by atoms with van der Waals surface area (Å²) >= 11 is 0. The Morgan fingerprint density at radius 2 is 1.95 bits per heavy atom. The van der Waals surface area contributed by atoms with Crippen molar-refractivity contribution in [2.45, 2.75) is 6.54 Å². The highest BCUT2D eigenvalue weighted by atomic mass is 16.5. The third kappa shape index (κ3) is 4.66. The SMILES string of the molecule is COc1cccc(/C=C/NC(=O)N(C)Cc2ccccc2)c1. The van der Waals surface area contributed by atoms with E-state index in [2.05, 4.69) is 5.32 Å². The third-order valence-corrected chi connectivity index (χ3v) is 3.19. The zero-order valence-corrected chi connectivity index (χ0v) is 12.8. The van der Waals surface area contributed by atoms with Crippen molar-refractivity contribution < 1.29 is 9.53 Å². The number of benzene rings is 2. The highest BCUT2D eigenvalue weighted by Gasteiger charge is 2.06. The molecule has 0 aliphatic carbocycles. The molecule has 2 aromatic carbocycles. The van der Waals surface area contributed by atoms with Crippen molar-refractivity contribution in [3.8, 4) is 5.75 Å². The predicted molar refractivity (Wildman–Crippen MR) is 88.5 cm³/mol. The fraction of sp³-hybridized carbons (Fsp3) is 0.167. The van der Waals surface area contributed by atoms with Crippen LogP contribution in [0.2, 0.25) is 0 Å². The molecule has 4 nitrogen and oxygen atoms in total. The Balaban J connectivity index is 1.87. The van der Waals surface area contributed by atoms with Crippen LogP contribution in [0.5, 0.6) is 5.75 Å². The molecule has 0 fully saturated rings. The summed E-state index contributed by atoms with van der Waals surface area (Å²) < 4.78 is 5.16. The van der Waals surface area contributed by atoms with Crippen LogP contribution < -0.4 is 10.1 Å². The molecule has 0 saturated heterocycles. The van der Waals surface area contributed by atoms with Gasteiger partial charge in [-0.15, -0.1) is 0 Å². The minimum atomic E-state index is -0.150. The molecule has 22 heavy (non-hydrogen) atoms. The summed E-state index contributed by atoms with van der Waals surface area (Å²) in [6.07, 6.45) is 3.47. The summed E-state index contributed by atoms with van der Waals surface area (Å²) in [4.78, 5) is 13.6. The van der Waals surface area contributed by atoms with Crippen LogP contribution in [0.4, 0.5) is 4.79 Å². The predicted octanol–water partition coefficient (Wildman–Crippen LogP) is 3.51. The minimum absolute atomic E-state index is 0.150. The number of urea groups is 1. The molecule has 0 aliphatic rings. The van der Waals surface area contributed by atoms with E-state index < -0.39 is 0 Å². The molecule has 114 valence electrons. The number of methoxy groups -OCH3 is 1. The zero-order valence-electron chi connectivity index (χ0n) is 12.8. The summed E-state index contributed by atoms with van der Waals surface area (Å²) in [5, 5.41) is 2.75. The first-order chi connectivity index (χ1) is 10.7. The van der Waals surface area contributed by atoms with Gasteiger partial charge in [-0.05, 0) is 29.3 Å². The van der Waals surface area contributed by atoms with E-state index in [1.807, 2.05) is 60.7 Å². The maximum atomic E-state index is 12.0. The van der Waals surface area contributed by atoms with Crippen LogP contribution in [0.25, 0.3) is 6.08 Å². The van der Waals surface area contributed by atoms with Gasteiger partial charge in [0, 0.05) is 19.8 Å².